The molecule has 0 unspecified atom stereocenters. The van der Waals surface area contributed by atoms with Crippen LogP contribution >= 0.6 is 23.2 Å². The molecule has 0 spiro atoms. The number of carbonyl (C=O) groups excluding carboxylic acids is 1. The molecule has 1 saturated carbocycles. The van der Waals surface area contributed by atoms with Gasteiger partial charge in [0.1, 0.15) is 0 Å². The van der Waals surface area contributed by atoms with Gasteiger partial charge in [-0.25, -0.2) is 0 Å². The predicted molar refractivity (Wildman–Crippen MR) is 99.5 cm³/mol. The maximum absolute atomic E-state index is 13.1. The maximum atomic E-state index is 13.1. The fourth-order valence-electron chi connectivity index (χ4n) is 3.52. The SMILES string of the molecule is O=C(NCc1ccc(Cl)cc1)C1(c2ccc(Cl)cc2)CCCCC1. The fourth-order valence-corrected chi connectivity index (χ4v) is 3.78. The fraction of sp³-hybridized carbons (Fsp3) is 0.350. The highest BCUT2D eigenvalue weighted by molar-refractivity contribution is 6.30. The summed E-state index contributed by atoms with van der Waals surface area (Å²) in [7, 11) is 0. The number of nitrogens with one attached hydrogen (secondary N) is 1. The summed E-state index contributed by atoms with van der Waals surface area (Å²) in [6, 6.07) is 15.3. The molecule has 2 aromatic carbocycles. The van der Waals surface area contributed by atoms with Gasteiger partial charge in [-0.05, 0) is 48.2 Å². The van der Waals surface area contributed by atoms with E-state index in [9.17, 15) is 4.79 Å². The summed E-state index contributed by atoms with van der Waals surface area (Å²) >= 11 is 11.9. The van der Waals surface area contributed by atoms with Gasteiger partial charge in [0.15, 0.2) is 0 Å². The van der Waals surface area contributed by atoms with Crippen molar-refractivity contribution in [2.24, 2.45) is 0 Å². The number of rotatable bonds is 4. The minimum absolute atomic E-state index is 0.111. The molecule has 1 amide bonds. The Balaban J connectivity index is 1.78. The van der Waals surface area contributed by atoms with E-state index < -0.39 is 5.41 Å². The van der Waals surface area contributed by atoms with Crippen LogP contribution in [0.5, 0.6) is 0 Å². The van der Waals surface area contributed by atoms with E-state index in [2.05, 4.69) is 5.32 Å². The molecule has 0 atom stereocenters. The van der Waals surface area contributed by atoms with Crippen molar-refractivity contribution >= 4 is 29.1 Å². The van der Waals surface area contributed by atoms with E-state index in [0.717, 1.165) is 36.8 Å². The molecular weight excluding hydrogens is 341 g/mol. The highest BCUT2D eigenvalue weighted by atomic mass is 35.5. The molecule has 1 aliphatic rings. The minimum Gasteiger partial charge on any atom is -0.351 e. The molecule has 1 aliphatic carbocycles. The van der Waals surface area contributed by atoms with E-state index >= 15 is 0 Å². The van der Waals surface area contributed by atoms with Gasteiger partial charge in [-0.15, -0.1) is 0 Å². The van der Waals surface area contributed by atoms with Gasteiger partial charge in [0.25, 0.3) is 0 Å². The van der Waals surface area contributed by atoms with E-state index in [4.69, 9.17) is 23.2 Å². The molecule has 3 rings (SSSR count). The predicted octanol–water partition coefficient (Wildman–Crippen LogP) is 5.51. The summed E-state index contributed by atoms with van der Waals surface area (Å²) in [5, 5.41) is 4.53. The lowest BCUT2D eigenvalue weighted by atomic mass is 9.68. The van der Waals surface area contributed by atoms with Crippen LogP contribution in [0.15, 0.2) is 48.5 Å². The molecule has 1 N–H and O–H groups in total. The first-order valence-corrected chi connectivity index (χ1v) is 9.14. The van der Waals surface area contributed by atoms with Crippen molar-refractivity contribution in [2.45, 2.75) is 44.1 Å². The molecule has 0 radical (unpaired) electrons. The number of hydrogen-bond acceptors (Lipinski definition) is 1. The average molecular weight is 362 g/mol. The summed E-state index contributed by atoms with van der Waals surface area (Å²) < 4.78 is 0. The highest BCUT2D eigenvalue weighted by Gasteiger charge is 2.40. The molecule has 24 heavy (non-hydrogen) atoms. The van der Waals surface area contributed by atoms with Crippen LogP contribution in [0, 0.1) is 0 Å². The van der Waals surface area contributed by atoms with Crippen molar-refractivity contribution in [1.82, 2.24) is 5.32 Å². The first-order chi connectivity index (χ1) is 11.6. The van der Waals surface area contributed by atoms with E-state index in [1.54, 1.807) is 0 Å². The first kappa shape index (κ1) is 17.3. The zero-order valence-electron chi connectivity index (χ0n) is 13.5. The highest BCUT2D eigenvalue weighted by Crippen LogP contribution is 2.40. The summed E-state index contributed by atoms with van der Waals surface area (Å²) in [6.45, 7) is 0.519. The van der Waals surface area contributed by atoms with Crippen LogP contribution < -0.4 is 5.32 Å². The third kappa shape index (κ3) is 3.76. The van der Waals surface area contributed by atoms with Gasteiger partial charge in [0, 0.05) is 16.6 Å². The second-order valence-electron chi connectivity index (χ2n) is 6.46. The van der Waals surface area contributed by atoms with Gasteiger partial charge in [0.05, 0.1) is 5.41 Å². The van der Waals surface area contributed by atoms with Gasteiger partial charge in [-0.3, -0.25) is 4.79 Å². The second-order valence-corrected chi connectivity index (χ2v) is 7.33. The van der Waals surface area contributed by atoms with Crippen LogP contribution in [0.1, 0.15) is 43.2 Å². The second kappa shape index (κ2) is 7.58. The summed E-state index contributed by atoms with van der Waals surface area (Å²) in [4.78, 5) is 13.1. The van der Waals surface area contributed by atoms with Crippen LogP contribution in [-0.4, -0.2) is 5.91 Å². The molecule has 0 aromatic heterocycles. The molecule has 0 bridgehead atoms. The Labute approximate surface area is 153 Å². The van der Waals surface area contributed by atoms with Crippen LogP contribution in [0.2, 0.25) is 10.0 Å². The van der Waals surface area contributed by atoms with Gasteiger partial charge >= 0.3 is 0 Å². The zero-order chi connectivity index (χ0) is 17.0. The lowest BCUT2D eigenvalue weighted by Gasteiger charge is -2.36. The number of hydrogen-bond donors (Lipinski definition) is 1. The number of carbonyl (C=O) groups is 1. The lowest BCUT2D eigenvalue weighted by Crippen LogP contribution is -2.45. The van der Waals surface area contributed by atoms with E-state index in [1.807, 2.05) is 48.5 Å². The number of benzene rings is 2. The third-order valence-corrected chi connectivity index (χ3v) is 5.41. The van der Waals surface area contributed by atoms with Crippen LogP contribution in [0.3, 0.4) is 0 Å². The largest absolute Gasteiger partial charge is 0.351 e. The quantitative estimate of drug-likeness (QED) is 0.763. The Morgan fingerprint density at radius 2 is 1.42 bits per heavy atom. The van der Waals surface area contributed by atoms with Crippen molar-refractivity contribution in [3.63, 3.8) is 0 Å². The van der Waals surface area contributed by atoms with Gasteiger partial charge in [-0.1, -0.05) is 66.7 Å². The molecule has 2 aromatic rings. The Morgan fingerprint density at radius 3 is 2.00 bits per heavy atom. The molecule has 0 saturated heterocycles. The van der Waals surface area contributed by atoms with Gasteiger partial charge in [0.2, 0.25) is 5.91 Å². The standard InChI is InChI=1S/C20H21Cl2NO/c21-17-8-4-15(5-9-17)14-23-19(24)20(12-2-1-3-13-20)16-6-10-18(22)11-7-16/h4-11H,1-3,12-14H2,(H,23,24). The number of amides is 1. The summed E-state index contributed by atoms with van der Waals surface area (Å²) in [5.41, 5.74) is 1.69. The van der Waals surface area contributed by atoms with Crippen LogP contribution in [0.4, 0.5) is 0 Å². The Kier molecular flexibility index (Phi) is 5.47. The summed E-state index contributed by atoms with van der Waals surface area (Å²) in [5.74, 6) is 0.111. The smallest absolute Gasteiger partial charge is 0.230 e. The Morgan fingerprint density at radius 1 is 0.875 bits per heavy atom. The van der Waals surface area contributed by atoms with E-state index in [1.165, 1.54) is 6.42 Å². The zero-order valence-corrected chi connectivity index (χ0v) is 15.0. The molecule has 126 valence electrons. The minimum atomic E-state index is -0.435. The van der Waals surface area contributed by atoms with Crippen molar-refractivity contribution in [2.75, 3.05) is 0 Å². The monoisotopic (exact) mass is 361 g/mol. The molecule has 0 heterocycles. The normalized spacial score (nSPS) is 16.6. The van der Waals surface area contributed by atoms with Crippen LogP contribution in [-0.2, 0) is 16.8 Å². The van der Waals surface area contributed by atoms with E-state index in [-0.39, 0.29) is 5.91 Å². The molecule has 0 aliphatic heterocycles. The van der Waals surface area contributed by atoms with Crippen molar-refractivity contribution in [3.8, 4) is 0 Å². The topological polar surface area (TPSA) is 29.1 Å². The Bertz CT molecular complexity index is 689. The van der Waals surface area contributed by atoms with Crippen molar-refractivity contribution in [3.05, 3.63) is 69.7 Å². The van der Waals surface area contributed by atoms with Crippen LogP contribution in [0.25, 0.3) is 0 Å². The van der Waals surface area contributed by atoms with Crippen molar-refractivity contribution in [1.29, 1.82) is 0 Å². The lowest BCUT2D eigenvalue weighted by molar-refractivity contribution is -0.128. The van der Waals surface area contributed by atoms with Gasteiger partial charge in [-0.2, -0.15) is 0 Å². The molecule has 2 nitrogen and oxygen atoms in total. The van der Waals surface area contributed by atoms with Crippen molar-refractivity contribution < 1.29 is 4.79 Å². The Hall–Kier alpha value is -1.51. The average Bonchev–Trinajstić information content (AvgIpc) is 2.62. The van der Waals surface area contributed by atoms with E-state index in [0.29, 0.717) is 16.6 Å². The molecule has 4 heteroatoms. The van der Waals surface area contributed by atoms with Gasteiger partial charge < -0.3 is 5.32 Å². The molecule has 1 fully saturated rings. The molecular formula is C20H21Cl2NO. The third-order valence-electron chi connectivity index (χ3n) is 4.90. The first-order valence-electron chi connectivity index (χ1n) is 8.39. The number of halogens is 2. The maximum Gasteiger partial charge on any atom is 0.230 e. The summed E-state index contributed by atoms with van der Waals surface area (Å²) in [6.07, 6.45) is 5.13.